The Bertz CT molecular complexity index is 1160. The summed E-state index contributed by atoms with van der Waals surface area (Å²) >= 11 is 0. The summed E-state index contributed by atoms with van der Waals surface area (Å²) in [6.45, 7) is 6.04. The summed E-state index contributed by atoms with van der Waals surface area (Å²) in [6.07, 6.45) is 5.48. The zero-order valence-electron chi connectivity index (χ0n) is 17.2. The number of carbonyl (C=O) groups is 1. The predicted octanol–water partition coefficient (Wildman–Crippen LogP) is 2.62. The SMILES string of the molecule is CC(C)Nc1cc(-n2ncc3cc(C#N)c(N)nc32)ncc1C(=O)NC(C)C1CC1. The van der Waals surface area contributed by atoms with Crippen molar-refractivity contribution in [3.8, 4) is 11.9 Å². The van der Waals surface area contributed by atoms with Gasteiger partial charge in [-0.2, -0.15) is 15.0 Å². The van der Waals surface area contributed by atoms with Crippen LogP contribution >= 0.6 is 0 Å². The fourth-order valence-electron chi connectivity index (χ4n) is 3.40. The molecule has 1 aliphatic carbocycles. The van der Waals surface area contributed by atoms with Gasteiger partial charge < -0.3 is 16.4 Å². The van der Waals surface area contributed by atoms with Gasteiger partial charge in [0.2, 0.25) is 0 Å². The van der Waals surface area contributed by atoms with Gasteiger partial charge in [0.25, 0.3) is 5.91 Å². The minimum atomic E-state index is -0.150. The lowest BCUT2D eigenvalue weighted by atomic mass is 10.1. The monoisotopic (exact) mass is 404 g/mol. The number of nitrogens with two attached hydrogens (primary N) is 1. The topological polar surface area (TPSA) is 135 Å². The zero-order valence-corrected chi connectivity index (χ0v) is 17.2. The Hall–Kier alpha value is -3.67. The zero-order chi connectivity index (χ0) is 21.4. The third kappa shape index (κ3) is 3.76. The molecule has 0 aliphatic heterocycles. The van der Waals surface area contributed by atoms with E-state index < -0.39 is 0 Å². The van der Waals surface area contributed by atoms with Crippen LogP contribution in [0, 0.1) is 17.2 Å². The molecular formula is C21H24N8O. The van der Waals surface area contributed by atoms with Crippen LogP contribution in [0.1, 0.15) is 49.5 Å². The van der Waals surface area contributed by atoms with Crippen molar-refractivity contribution in [1.82, 2.24) is 25.1 Å². The summed E-state index contributed by atoms with van der Waals surface area (Å²) in [6, 6.07) is 5.70. The van der Waals surface area contributed by atoms with Gasteiger partial charge in [0, 0.05) is 29.7 Å². The van der Waals surface area contributed by atoms with Crippen LogP contribution in [0.4, 0.5) is 11.5 Å². The first kappa shape index (κ1) is 19.6. The largest absolute Gasteiger partial charge is 0.383 e. The molecule has 1 amide bonds. The molecule has 1 fully saturated rings. The fraction of sp³-hybridized carbons (Fsp3) is 0.381. The molecule has 9 heteroatoms. The molecule has 0 radical (unpaired) electrons. The minimum Gasteiger partial charge on any atom is -0.383 e. The number of aromatic nitrogens is 4. The predicted molar refractivity (Wildman–Crippen MR) is 114 cm³/mol. The smallest absolute Gasteiger partial charge is 0.255 e. The van der Waals surface area contributed by atoms with Gasteiger partial charge in [-0.1, -0.05) is 0 Å². The van der Waals surface area contributed by atoms with E-state index in [1.807, 2.05) is 26.8 Å². The summed E-state index contributed by atoms with van der Waals surface area (Å²) < 4.78 is 1.55. The van der Waals surface area contributed by atoms with E-state index in [0.717, 1.165) is 12.8 Å². The molecule has 0 spiro atoms. The van der Waals surface area contributed by atoms with Crippen LogP contribution in [0.2, 0.25) is 0 Å². The van der Waals surface area contributed by atoms with Crippen molar-refractivity contribution in [2.45, 2.75) is 45.7 Å². The first-order chi connectivity index (χ1) is 14.4. The molecule has 1 atom stereocenters. The number of nitrogen functional groups attached to an aromatic ring is 1. The average molecular weight is 404 g/mol. The van der Waals surface area contributed by atoms with Crippen LogP contribution in [-0.2, 0) is 0 Å². The highest BCUT2D eigenvalue weighted by atomic mass is 16.1. The number of nitriles is 1. The maximum absolute atomic E-state index is 12.8. The highest BCUT2D eigenvalue weighted by Crippen LogP contribution is 2.32. The Kier molecular flexibility index (Phi) is 4.99. The number of nitrogens with zero attached hydrogens (tertiary/aromatic N) is 5. The number of fused-ring (bicyclic) bond motifs is 1. The Morgan fingerprint density at radius 2 is 2.07 bits per heavy atom. The van der Waals surface area contributed by atoms with Crippen molar-refractivity contribution in [3.05, 3.63) is 35.7 Å². The molecule has 1 unspecified atom stereocenters. The second-order valence-electron chi connectivity index (χ2n) is 7.99. The first-order valence-corrected chi connectivity index (χ1v) is 9.99. The van der Waals surface area contributed by atoms with E-state index >= 15 is 0 Å². The molecule has 30 heavy (non-hydrogen) atoms. The van der Waals surface area contributed by atoms with Crippen molar-refractivity contribution in [2.75, 3.05) is 11.1 Å². The van der Waals surface area contributed by atoms with Gasteiger partial charge in [-0.25, -0.2) is 9.97 Å². The van der Waals surface area contributed by atoms with Crippen molar-refractivity contribution in [3.63, 3.8) is 0 Å². The highest BCUT2D eigenvalue weighted by molar-refractivity contribution is 5.99. The number of rotatable bonds is 6. The maximum atomic E-state index is 12.8. The summed E-state index contributed by atoms with van der Waals surface area (Å²) in [4.78, 5) is 21.6. The van der Waals surface area contributed by atoms with E-state index in [9.17, 15) is 4.79 Å². The molecule has 3 aromatic rings. The number of pyridine rings is 2. The molecule has 3 aromatic heterocycles. The van der Waals surface area contributed by atoms with Crippen molar-refractivity contribution >= 4 is 28.4 Å². The Balaban J connectivity index is 1.73. The molecule has 0 aromatic carbocycles. The fourth-order valence-corrected chi connectivity index (χ4v) is 3.40. The second-order valence-corrected chi connectivity index (χ2v) is 7.99. The minimum absolute atomic E-state index is 0.119. The van der Waals surface area contributed by atoms with Gasteiger partial charge >= 0.3 is 0 Å². The molecule has 9 nitrogen and oxygen atoms in total. The van der Waals surface area contributed by atoms with Crippen LogP contribution in [0.5, 0.6) is 0 Å². The number of hydrogen-bond acceptors (Lipinski definition) is 7. The molecule has 1 aliphatic rings. The molecule has 4 N–H and O–H groups in total. The van der Waals surface area contributed by atoms with Gasteiger partial charge in [-0.15, -0.1) is 0 Å². The number of hydrogen-bond donors (Lipinski definition) is 3. The highest BCUT2D eigenvalue weighted by Gasteiger charge is 2.29. The van der Waals surface area contributed by atoms with Crippen LogP contribution in [-0.4, -0.2) is 37.7 Å². The molecule has 154 valence electrons. The lowest BCUT2D eigenvalue weighted by Gasteiger charge is -2.18. The lowest BCUT2D eigenvalue weighted by Crippen LogP contribution is -2.34. The molecular weight excluding hydrogens is 380 g/mol. The third-order valence-corrected chi connectivity index (χ3v) is 5.18. The molecule has 0 bridgehead atoms. The quantitative estimate of drug-likeness (QED) is 0.575. The summed E-state index contributed by atoms with van der Waals surface area (Å²) in [7, 11) is 0. The van der Waals surface area contributed by atoms with E-state index in [1.54, 1.807) is 29.2 Å². The number of carbonyl (C=O) groups excluding carboxylic acids is 1. The number of amides is 1. The van der Waals surface area contributed by atoms with Crippen molar-refractivity contribution in [1.29, 1.82) is 5.26 Å². The van der Waals surface area contributed by atoms with Gasteiger partial charge in [-0.3, -0.25) is 4.79 Å². The molecule has 4 rings (SSSR count). The molecule has 3 heterocycles. The van der Waals surface area contributed by atoms with Gasteiger partial charge in [-0.05, 0) is 45.6 Å². The Morgan fingerprint density at radius 1 is 1.30 bits per heavy atom. The third-order valence-electron chi connectivity index (χ3n) is 5.18. The summed E-state index contributed by atoms with van der Waals surface area (Å²) in [5.74, 6) is 1.05. The van der Waals surface area contributed by atoms with E-state index in [4.69, 9.17) is 11.0 Å². The van der Waals surface area contributed by atoms with Gasteiger partial charge in [0.05, 0.1) is 23.0 Å². The number of nitrogens with one attached hydrogen (secondary N) is 2. The maximum Gasteiger partial charge on any atom is 0.255 e. The standard InChI is InChI=1S/C21H24N8O/c1-11(2)26-17-7-18(24-10-16(17)21(30)27-12(3)13-4-5-13)29-20-15(9-25-29)6-14(8-22)19(23)28-20/h6-7,9-13H,4-5H2,1-3H3,(H2,23,28)(H,24,26)(H,27,30). The molecule has 1 saturated carbocycles. The van der Waals surface area contributed by atoms with Gasteiger partial charge in [0.15, 0.2) is 11.5 Å². The summed E-state index contributed by atoms with van der Waals surface area (Å²) in [5.41, 5.74) is 7.82. The second kappa shape index (κ2) is 7.63. The van der Waals surface area contributed by atoms with E-state index in [-0.39, 0.29) is 23.8 Å². The first-order valence-electron chi connectivity index (χ1n) is 9.99. The van der Waals surface area contributed by atoms with Crippen molar-refractivity contribution < 1.29 is 4.79 Å². The lowest BCUT2D eigenvalue weighted by molar-refractivity contribution is 0.0936. The number of anilines is 2. The Morgan fingerprint density at radius 3 is 2.73 bits per heavy atom. The van der Waals surface area contributed by atoms with Crippen LogP contribution < -0.4 is 16.4 Å². The molecule has 0 saturated heterocycles. The van der Waals surface area contributed by atoms with E-state index in [0.29, 0.717) is 39.6 Å². The van der Waals surface area contributed by atoms with E-state index in [1.165, 1.54) is 0 Å². The normalized spacial score (nSPS) is 14.5. The van der Waals surface area contributed by atoms with Crippen LogP contribution in [0.25, 0.3) is 16.9 Å². The Labute approximate surface area is 174 Å². The average Bonchev–Trinajstić information content (AvgIpc) is 3.48. The van der Waals surface area contributed by atoms with Crippen molar-refractivity contribution in [2.24, 2.45) is 5.92 Å². The van der Waals surface area contributed by atoms with E-state index in [2.05, 4.69) is 25.7 Å². The van der Waals surface area contributed by atoms with Crippen LogP contribution in [0.15, 0.2) is 24.5 Å². The van der Waals surface area contributed by atoms with Crippen LogP contribution in [0.3, 0.4) is 0 Å². The summed E-state index contributed by atoms with van der Waals surface area (Å²) in [5, 5.41) is 20.6. The van der Waals surface area contributed by atoms with Gasteiger partial charge in [0.1, 0.15) is 11.9 Å².